The summed E-state index contributed by atoms with van der Waals surface area (Å²) < 4.78 is 20.1. The molecule has 0 radical (unpaired) electrons. The molecule has 0 aliphatic heterocycles. The van der Waals surface area contributed by atoms with E-state index in [2.05, 4.69) is 0 Å². The molecule has 0 unspecified atom stereocenters. The van der Waals surface area contributed by atoms with Gasteiger partial charge in [-0.05, 0) is 23.6 Å². The number of nitrogens with zero attached hydrogens (tertiary/aromatic N) is 1. The third-order valence-corrected chi connectivity index (χ3v) is 5.79. The molecule has 3 aromatic carbocycles. The van der Waals surface area contributed by atoms with E-state index in [0.717, 1.165) is 22.4 Å². The summed E-state index contributed by atoms with van der Waals surface area (Å²) in [5.74, 6) is 0.354. The van der Waals surface area contributed by atoms with Crippen molar-refractivity contribution in [2.45, 2.75) is 32.8 Å². The Morgan fingerprint density at radius 3 is 1.60 bits per heavy atom. The van der Waals surface area contributed by atoms with E-state index >= 15 is 0 Å². The van der Waals surface area contributed by atoms with E-state index in [-0.39, 0.29) is 11.5 Å². The number of pyridine rings is 1. The van der Waals surface area contributed by atoms with Gasteiger partial charge in [-0.25, -0.2) is 0 Å². The fourth-order valence-electron chi connectivity index (χ4n) is 3.91. The van der Waals surface area contributed by atoms with Crippen LogP contribution in [-0.4, -0.2) is 17.8 Å². The van der Waals surface area contributed by atoms with Crippen LogP contribution in [0.5, 0.6) is 5.75 Å². The first-order valence-electron chi connectivity index (χ1n) is 11.8. The van der Waals surface area contributed by atoms with E-state index in [1.54, 1.807) is 12.3 Å². The normalized spacial score (nSPS) is 11.0. The van der Waals surface area contributed by atoms with Gasteiger partial charge in [-0.1, -0.05) is 91.0 Å². The number of hydrogen-bond donors (Lipinski definition) is 0. The lowest BCUT2D eigenvalue weighted by atomic mass is 10.2. The number of benzene rings is 3. The number of ether oxygens (including phenoxy) is 3. The first-order valence-corrected chi connectivity index (χ1v) is 11.8. The summed E-state index contributed by atoms with van der Waals surface area (Å²) in [6.07, 6.45) is 1.80. The first-order chi connectivity index (χ1) is 17.2. The van der Waals surface area contributed by atoms with Crippen molar-refractivity contribution < 1.29 is 14.2 Å². The minimum absolute atomic E-state index is 0.123. The Morgan fingerprint density at radius 1 is 0.657 bits per heavy atom. The van der Waals surface area contributed by atoms with Gasteiger partial charge >= 0.3 is 0 Å². The standard InChI is InChI=1S/C30H31NO4/c1-24-30(35-21-27-15-9-4-10-16-27)29(32)17-18-31(24)28(22-33-19-25-11-5-2-6-12-25)23-34-20-26-13-7-3-8-14-26/h2-18,28H,19-23H2,1H3. The van der Waals surface area contributed by atoms with Crippen LogP contribution in [0.25, 0.3) is 0 Å². The van der Waals surface area contributed by atoms with Gasteiger partial charge in [-0.15, -0.1) is 0 Å². The second-order valence-corrected chi connectivity index (χ2v) is 8.43. The van der Waals surface area contributed by atoms with Crippen LogP contribution in [-0.2, 0) is 29.3 Å². The predicted molar refractivity (Wildman–Crippen MR) is 137 cm³/mol. The van der Waals surface area contributed by atoms with Crippen LogP contribution in [0, 0.1) is 6.92 Å². The summed E-state index contributed by atoms with van der Waals surface area (Å²) in [6, 6.07) is 31.4. The van der Waals surface area contributed by atoms with Crippen LogP contribution in [0.1, 0.15) is 28.4 Å². The van der Waals surface area contributed by atoms with Gasteiger partial charge in [-0.3, -0.25) is 4.79 Å². The molecular formula is C30H31NO4. The summed E-state index contributed by atoms with van der Waals surface area (Å²) in [5.41, 5.74) is 3.85. The smallest absolute Gasteiger partial charge is 0.223 e. The molecule has 4 rings (SSSR count). The Morgan fingerprint density at radius 2 is 1.11 bits per heavy atom. The molecule has 0 aliphatic carbocycles. The topological polar surface area (TPSA) is 49.7 Å². The Hall–Kier alpha value is -3.67. The van der Waals surface area contributed by atoms with Crippen molar-refractivity contribution in [1.29, 1.82) is 0 Å². The maximum Gasteiger partial charge on any atom is 0.223 e. The lowest BCUT2D eigenvalue weighted by Crippen LogP contribution is -2.25. The molecule has 4 aromatic rings. The number of hydrogen-bond acceptors (Lipinski definition) is 4. The van der Waals surface area contributed by atoms with E-state index in [4.69, 9.17) is 14.2 Å². The summed E-state index contributed by atoms with van der Waals surface area (Å²) in [4.78, 5) is 12.6. The summed E-state index contributed by atoms with van der Waals surface area (Å²) in [6.45, 7) is 4.13. The fraction of sp³-hybridized carbons (Fsp3) is 0.233. The van der Waals surface area contributed by atoms with Crippen molar-refractivity contribution in [3.8, 4) is 5.75 Å². The third kappa shape index (κ3) is 7.15. The Bertz CT molecular complexity index is 1180. The van der Waals surface area contributed by atoms with Gasteiger partial charge in [0, 0.05) is 12.3 Å². The molecule has 0 spiro atoms. The molecular weight excluding hydrogens is 438 g/mol. The minimum Gasteiger partial charge on any atom is -0.483 e. The van der Waals surface area contributed by atoms with Gasteiger partial charge in [0.15, 0.2) is 5.75 Å². The maximum absolute atomic E-state index is 12.6. The van der Waals surface area contributed by atoms with Crippen molar-refractivity contribution >= 4 is 0 Å². The van der Waals surface area contributed by atoms with E-state index in [0.29, 0.717) is 38.8 Å². The first kappa shape index (κ1) is 24.5. The van der Waals surface area contributed by atoms with Crippen LogP contribution >= 0.6 is 0 Å². The van der Waals surface area contributed by atoms with Crippen molar-refractivity contribution in [2.24, 2.45) is 0 Å². The Labute approximate surface area is 206 Å². The monoisotopic (exact) mass is 469 g/mol. The van der Waals surface area contributed by atoms with Gasteiger partial charge in [0.2, 0.25) is 5.43 Å². The van der Waals surface area contributed by atoms with Crippen LogP contribution < -0.4 is 10.2 Å². The molecule has 0 atom stereocenters. The Balaban J connectivity index is 1.49. The van der Waals surface area contributed by atoms with Gasteiger partial charge in [0.1, 0.15) is 6.61 Å². The fourth-order valence-corrected chi connectivity index (χ4v) is 3.91. The average molecular weight is 470 g/mol. The van der Waals surface area contributed by atoms with Gasteiger partial charge in [0.25, 0.3) is 0 Å². The Kier molecular flexibility index (Phi) is 8.87. The van der Waals surface area contributed by atoms with Crippen LogP contribution in [0.2, 0.25) is 0 Å². The molecule has 0 aliphatic rings. The quantitative estimate of drug-likeness (QED) is 0.267. The van der Waals surface area contributed by atoms with Crippen molar-refractivity contribution in [3.05, 3.63) is 136 Å². The highest BCUT2D eigenvalue weighted by molar-refractivity contribution is 5.28. The second kappa shape index (κ2) is 12.7. The highest BCUT2D eigenvalue weighted by Gasteiger charge is 2.17. The molecule has 0 bridgehead atoms. The SMILES string of the molecule is Cc1c(OCc2ccccc2)c(=O)ccn1C(COCc1ccccc1)COCc1ccccc1. The van der Waals surface area contributed by atoms with Crippen LogP contribution in [0.3, 0.4) is 0 Å². The zero-order valence-electron chi connectivity index (χ0n) is 20.0. The summed E-state index contributed by atoms with van der Waals surface area (Å²) >= 11 is 0. The molecule has 0 fully saturated rings. The summed E-state index contributed by atoms with van der Waals surface area (Å²) in [7, 11) is 0. The highest BCUT2D eigenvalue weighted by atomic mass is 16.5. The molecule has 35 heavy (non-hydrogen) atoms. The van der Waals surface area contributed by atoms with Crippen LogP contribution in [0.15, 0.2) is 108 Å². The lowest BCUT2D eigenvalue weighted by molar-refractivity contribution is 0.0306. The molecule has 0 saturated heterocycles. The zero-order chi connectivity index (χ0) is 24.3. The second-order valence-electron chi connectivity index (χ2n) is 8.43. The van der Waals surface area contributed by atoms with Crippen LogP contribution in [0.4, 0.5) is 0 Å². The highest BCUT2D eigenvalue weighted by Crippen LogP contribution is 2.20. The largest absolute Gasteiger partial charge is 0.483 e. The molecule has 5 heteroatoms. The molecule has 1 heterocycles. The van der Waals surface area contributed by atoms with Crippen molar-refractivity contribution in [3.63, 3.8) is 0 Å². The molecule has 0 amide bonds. The number of rotatable bonds is 12. The third-order valence-electron chi connectivity index (χ3n) is 5.79. The molecule has 0 saturated carbocycles. The summed E-state index contributed by atoms with van der Waals surface area (Å²) in [5, 5.41) is 0. The van der Waals surface area contributed by atoms with Crippen molar-refractivity contribution in [1.82, 2.24) is 4.57 Å². The van der Waals surface area contributed by atoms with E-state index < -0.39 is 0 Å². The van der Waals surface area contributed by atoms with Gasteiger partial charge < -0.3 is 18.8 Å². The van der Waals surface area contributed by atoms with Gasteiger partial charge in [0.05, 0.1) is 38.2 Å². The van der Waals surface area contributed by atoms with Gasteiger partial charge in [-0.2, -0.15) is 0 Å². The minimum atomic E-state index is -0.135. The van der Waals surface area contributed by atoms with E-state index in [1.165, 1.54) is 0 Å². The molecule has 5 nitrogen and oxygen atoms in total. The zero-order valence-corrected chi connectivity index (χ0v) is 20.0. The van der Waals surface area contributed by atoms with Crippen molar-refractivity contribution in [2.75, 3.05) is 13.2 Å². The lowest BCUT2D eigenvalue weighted by Gasteiger charge is -2.24. The van der Waals surface area contributed by atoms with E-state index in [9.17, 15) is 4.79 Å². The predicted octanol–water partition coefficient (Wildman–Crippen LogP) is 5.71. The molecule has 1 aromatic heterocycles. The molecule has 180 valence electrons. The molecule has 0 N–H and O–H groups in total. The average Bonchev–Trinajstić information content (AvgIpc) is 2.90. The number of aromatic nitrogens is 1. The maximum atomic E-state index is 12.6. The van der Waals surface area contributed by atoms with E-state index in [1.807, 2.05) is 102 Å².